The third-order valence-electron chi connectivity index (χ3n) is 3.67. The van der Waals surface area contributed by atoms with Crippen LogP contribution in [0.1, 0.15) is 45.9 Å². The van der Waals surface area contributed by atoms with Crippen LogP contribution in [0.15, 0.2) is 6.07 Å². The summed E-state index contributed by atoms with van der Waals surface area (Å²) >= 11 is 0. The van der Waals surface area contributed by atoms with E-state index in [1.165, 1.54) is 19.3 Å². The summed E-state index contributed by atoms with van der Waals surface area (Å²) < 4.78 is 0. The van der Waals surface area contributed by atoms with Gasteiger partial charge in [0.2, 0.25) is 0 Å². The number of aromatic nitrogens is 2. The molecule has 2 heterocycles. The van der Waals surface area contributed by atoms with Gasteiger partial charge in [-0.2, -0.15) is 0 Å². The maximum atomic E-state index is 5.45. The number of anilines is 2. The van der Waals surface area contributed by atoms with Crippen LogP contribution in [-0.2, 0) is 6.42 Å². The smallest absolute Gasteiger partial charge is 0.146 e. The van der Waals surface area contributed by atoms with Gasteiger partial charge in [-0.05, 0) is 26.7 Å². The number of rotatable bonds is 4. The summed E-state index contributed by atoms with van der Waals surface area (Å²) in [4.78, 5) is 8.80. The number of hydrazine groups is 2. The van der Waals surface area contributed by atoms with Crippen molar-refractivity contribution in [3.63, 3.8) is 0 Å². The molecule has 0 aromatic carbocycles. The maximum absolute atomic E-state index is 5.45. The number of hydrogen-bond donors (Lipinski definition) is 3. The topological polar surface area (TPSA) is 79.1 Å². The second-order valence-corrected chi connectivity index (χ2v) is 5.20. The molecule has 2 atom stereocenters. The van der Waals surface area contributed by atoms with Crippen LogP contribution < -0.4 is 16.7 Å². The summed E-state index contributed by atoms with van der Waals surface area (Å²) in [6, 6.07) is 2.86. The SMILES string of the molecule is CCc1nc(NN)cc(NN2C(C)CCCC2C)n1. The first-order chi connectivity index (χ1) is 9.13. The molecule has 1 aliphatic rings. The molecule has 6 nitrogen and oxygen atoms in total. The molecule has 1 aromatic heterocycles. The molecule has 0 aliphatic carbocycles. The minimum atomic E-state index is 0.512. The highest BCUT2D eigenvalue weighted by molar-refractivity contribution is 5.46. The Bertz CT molecular complexity index is 389. The summed E-state index contributed by atoms with van der Waals surface area (Å²) in [5, 5.41) is 2.28. The molecule has 6 heteroatoms. The van der Waals surface area contributed by atoms with Crippen LogP contribution in [0.2, 0.25) is 0 Å². The molecular formula is C13H24N6. The quantitative estimate of drug-likeness (QED) is 0.569. The van der Waals surface area contributed by atoms with E-state index in [1.807, 2.05) is 13.0 Å². The van der Waals surface area contributed by atoms with E-state index in [-0.39, 0.29) is 0 Å². The molecule has 0 spiro atoms. The van der Waals surface area contributed by atoms with Crippen molar-refractivity contribution in [3.05, 3.63) is 11.9 Å². The van der Waals surface area contributed by atoms with Gasteiger partial charge in [-0.3, -0.25) is 0 Å². The third kappa shape index (κ3) is 3.33. The lowest BCUT2D eigenvalue weighted by atomic mass is 10.00. The Morgan fingerprint density at radius 1 is 1.26 bits per heavy atom. The maximum Gasteiger partial charge on any atom is 0.146 e. The highest BCUT2D eigenvalue weighted by Crippen LogP contribution is 2.23. The van der Waals surface area contributed by atoms with Crippen molar-refractivity contribution in [2.24, 2.45) is 5.84 Å². The molecular weight excluding hydrogens is 240 g/mol. The first-order valence-electron chi connectivity index (χ1n) is 7.03. The zero-order valence-electron chi connectivity index (χ0n) is 12.0. The standard InChI is InChI=1S/C13H24N6/c1-4-11-15-12(17-14)8-13(16-11)18-19-9(2)6-5-7-10(19)3/h8-10H,4-7,14H2,1-3H3,(H2,15,16,17,18). The van der Waals surface area contributed by atoms with Crippen LogP contribution >= 0.6 is 0 Å². The van der Waals surface area contributed by atoms with Crippen molar-refractivity contribution in [2.45, 2.75) is 58.5 Å². The number of nitrogens with zero attached hydrogens (tertiary/aromatic N) is 3. The highest BCUT2D eigenvalue weighted by atomic mass is 15.5. The molecule has 1 aromatic rings. The number of piperidine rings is 1. The average Bonchev–Trinajstić information content (AvgIpc) is 2.42. The van der Waals surface area contributed by atoms with Crippen LogP contribution in [0.4, 0.5) is 11.6 Å². The van der Waals surface area contributed by atoms with Gasteiger partial charge in [0.1, 0.15) is 17.5 Å². The van der Waals surface area contributed by atoms with Gasteiger partial charge in [0, 0.05) is 24.6 Å². The average molecular weight is 264 g/mol. The van der Waals surface area contributed by atoms with E-state index in [0.29, 0.717) is 17.9 Å². The lowest BCUT2D eigenvalue weighted by Gasteiger charge is -2.39. The normalized spacial score (nSPS) is 24.2. The fourth-order valence-electron chi connectivity index (χ4n) is 2.56. The van der Waals surface area contributed by atoms with E-state index in [4.69, 9.17) is 5.84 Å². The summed E-state index contributed by atoms with van der Waals surface area (Å²) in [5.41, 5.74) is 6.01. The number of nitrogens with two attached hydrogens (primary N) is 1. The third-order valence-corrected chi connectivity index (χ3v) is 3.67. The Morgan fingerprint density at radius 3 is 2.47 bits per heavy atom. The van der Waals surface area contributed by atoms with E-state index in [0.717, 1.165) is 18.1 Å². The van der Waals surface area contributed by atoms with Crippen LogP contribution in [0.25, 0.3) is 0 Å². The van der Waals surface area contributed by atoms with Crippen LogP contribution in [0.3, 0.4) is 0 Å². The van der Waals surface area contributed by atoms with Crippen molar-refractivity contribution < 1.29 is 0 Å². The number of aryl methyl sites for hydroxylation is 1. The van der Waals surface area contributed by atoms with Gasteiger partial charge in [0.05, 0.1) is 0 Å². The molecule has 0 bridgehead atoms. The molecule has 1 saturated heterocycles. The van der Waals surface area contributed by atoms with Gasteiger partial charge in [-0.15, -0.1) is 0 Å². The molecule has 2 unspecified atom stereocenters. The summed E-state index contributed by atoms with van der Waals surface area (Å²) in [6.45, 7) is 6.52. The first-order valence-corrected chi connectivity index (χ1v) is 7.03. The van der Waals surface area contributed by atoms with Gasteiger partial charge in [-0.1, -0.05) is 13.3 Å². The molecule has 1 fully saturated rings. The molecule has 0 saturated carbocycles. The van der Waals surface area contributed by atoms with Gasteiger partial charge >= 0.3 is 0 Å². The minimum Gasteiger partial charge on any atom is -0.308 e. The Hall–Kier alpha value is -1.40. The lowest BCUT2D eigenvalue weighted by Crippen LogP contribution is -2.47. The van der Waals surface area contributed by atoms with Crippen molar-refractivity contribution in [1.82, 2.24) is 15.0 Å². The van der Waals surface area contributed by atoms with Gasteiger partial charge in [0.15, 0.2) is 0 Å². The number of nitrogen functional groups attached to an aromatic ring is 1. The van der Waals surface area contributed by atoms with E-state index >= 15 is 0 Å². The van der Waals surface area contributed by atoms with Crippen LogP contribution in [0.5, 0.6) is 0 Å². The van der Waals surface area contributed by atoms with Gasteiger partial charge < -0.3 is 10.9 Å². The van der Waals surface area contributed by atoms with Crippen molar-refractivity contribution in [3.8, 4) is 0 Å². The molecule has 106 valence electrons. The summed E-state index contributed by atoms with van der Waals surface area (Å²) in [7, 11) is 0. The Labute approximate surface area is 114 Å². The van der Waals surface area contributed by atoms with Crippen LogP contribution in [-0.4, -0.2) is 27.1 Å². The summed E-state index contributed by atoms with van der Waals surface area (Å²) in [6.07, 6.45) is 4.51. The number of hydrogen-bond acceptors (Lipinski definition) is 6. The zero-order valence-corrected chi connectivity index (χ0v) is 12.0. The highest BCUT2D eigenvalue weighted by Gasteiger charge is 2.25. The predicted octanol–water partition coefficient (Wildman–Crippen LogP) is 1.91. The van der Waals surface area contributed by atoms with Gasteiger partial charge in [-0.25, -0.2) is 20.8 Å². The monoisotopic (exact) mass is 264 g/mol. The van der Waals surface area contributed by atoms with E-state index in [2.05, 4.69) is 39.7 Å². The largest absolute Gasteiger partial charge is 0.308 e. The first kappa shape index (κ1) is 14.0. The molecule has 1 aliphatic heterocycles. The van der Waals surface area contributed by atoms with E-state index in [1.54, 1.807) is 0 Å². The number of nitrogens with one attached hydrogen (secondary N) is 2. The fourth-order valence-corrected chi connectivity index (χ4v) is 2.56. The van der Waals surface area contributed by atoms with Gasteiger partial charge in [0.25, 0.3) is 0 Å². The Kier molecular flexibility index (Phi) is 4.55. The molecule has 0 amide bonds. The van der Waals surface area contributed by atoms with Crippen molar-refractivity contribution in [2.75, 3.05) is 10.9 Å². The zero-order chi connectivity index (χ0) is 13.8. The van der Waals surface area contributed by atoms with Crippen LogP contribution in [0, 0.1) is 0 Å². The second kappa shape index (κ2) is 6.16. The molecule has 19 heavy (non-hydrogen) atoms. The molecule has 0 radical (unpaired) electrons. The van der Waals surface area contributed by atoms with E-state index in [9.17, 15) is 0 Å². The lowest BCUT2D eigenvalue weighted by molar-refractivity contribution is 0.135. The molecule has 2 rings (SSSR count). The Morgan fingerprint density at radius 2 is 1.89 bits per heavy atom. The minimum absolute atomic E-state index is 0.512. The second-order valence-electron chi connectivity index (χ2n) is 5.20. The van der Waals surface area contributed by atoms with Crippen molar-refractivity contribution in [1.29, 1.82) is 0 Å². The summed E-state index contributed by atoms with van der Waals surface area (Å²) in [5.74, 6) is 7.69. The Balaban J connectivity index is 2.17. The van der Waals surface area contributed by atoms with Crippen molar-refractivity contribution >= 4 is 11.6 Å². The fraction of sp³-hybridized carbons (Fsp3) is 0.692. The van der Waals surface area contributed by atoms with E-state index < -0.39 is 0 Å². The predicted molar refractivity (Wildman–Crippen MR) is 77.5 cm³/mol. The molecule has 4 N–H and O–H groups in total.